The Morgan fingerprint density at radius 1 is 1.25 bits per heavy atom. The van der Waals surface area contributed by atoms with Crippen LogP contribution < -0.4 is 10.0 Å². The predicted molar refractivity (Wildman–Crippen MR) is 89.5 cm³/mol. The lowest BCUT2D eigenvalue weighted by atomic mass is 9.88. The van der Waals surface area contributed by atoms with Gasteiger partial charge in [0.1, 0.15) is 10.4 Å². The van der Waals surface area contributed by atoms with Gasteiger partial charge >= 0.3 is 0 Å². The number of carbonyl (C=O) groups is 2. The van der Waals surface area contributed by atoms with Crippen molar-refractivity contribution in [3.8, 4) is 0 Å². The summed E-state index contributed by atoms with van der Waals surface area (Å²) >= 11 is 0. The molecule has 1 unspecified atom stereocenters. The third kappa shape index (κ3) is 3.23. The van der Waals surface area contributed by atoms with Gasteiger partial charge in [0, 0.05) is 11.6 Å². The van der Waals surface area contributed by atoms with Crippen molar-refractivity contribution < 1.29 is 18.0 Å². The fourth-order valence-corrected chi connectivity index (χ4v) is 3.44. The van der Waals surface area contributed by atoms with Crippen LogP contribution in [0.1, 0.15) is 20.8 Å². The van der Waals surface area contributed by atoms with Gasteiger partial charge in [0.2, 0.25) is 6.41 Å². The molecule has 7 nitrogen and oxygen atoms in total. The first-order valence-corrected chi connectivity index (χ1v) is 8.83. The maximum Gasteiger partial charge on any atom is 0.266 e. The van der Waals surface area contributed by atoms with Crippen LogP contribution in [0.3, 0.4) is 0 Å². The summed E-state index contributed by atoms with van der Waals surface area (Å²) in [5.74, 6) is -1.12. The number of nitrogens with one attached hydrogen (secondary N) is 2. The number of pyridine rings is 1. The number of benzene rings is 1. The zero-order chi connectivity index (χ0) is 18.0. The number of hydrogen-bond donors (Lipinski definition) is 2. The van der Waals surface area contributed by atoms with E-state index in [-0.39, 0.29) is 16.3 Å². The van der Waals surface area contributed by atoms with E-state index in [4.69, 9.17) is 0 Å². The summed E-state index contributed by atoms with van der Waals surface area (Å²) in [6, 6.07) is 8.12. The number of rotatable bonds is 6. The molecule has 0 radical (unpaired) electrons. The van der Waals surface area contributed by atoms with Crippen LogP contribution in [0.4, 0.5) is 0 Å². The molecule has 0 spiro atoms. The highest BCUT2D eigenvalue weighted by atomic mass is 32.2. The average molecular weight is 349 g/mol. The maximum absolute atomic E-state index is 12.6. The lowest BCUT2D eigenvalue weighted by Crippen LogP contribution is -2.58. The molecule has 24 heavy (non-hydrogen) atoms. The predicted octanol–water partition coefficient (Wildman–Crippen LogP) is 1.20. The Hall–Kier alpha value is -2.48. The molecular formula is C16H19N3O4S. The molecule has 0 aliphatic rings. The smallest absolute Gasteiger partial charge is 0.266 e. The lowest BCUT2D eigenvalue weighted by Gasteiger charge is -2.31. The first-order valence-electron chi connectivity index (χ1n) is 7.34. The Balaban J connectivity index is 2.44. The Morgan fingerprint density at radius 3 is 2.54 bits per heavy atom. The second kappa shape index (κ2) is 6.56. The number of hydrogen-bond acceptors (Lipinski definition) is 5. The van der Waals surface area contributed by atoms with E-state index >= 15 is 0 Å². The van der Waals surface area contributed by atoms with Crippen LogP contribution in [0.15, 0.2) is 41.4 Å². The van der Waals surface area contributed by atoms with Gasteiger partial charge in [0.05, 0.1) is 5.52 Å². The zero-order valence-corrected chi connectivity index (χ0v) is 14.4. The minimum atomic E-state index is -4.14. The number of amides is 2. The summed E-state index contributed by atoms with van der Waals surface area (Å²) in [5.41, 5.74) is -1.08. The molecule has 1 atom stereocenters. The normalized spacial score (nSPS) is 14.2. The van der Waals surface area contributed by atoms with Gasteiger partial charge in [-0.05, 0) is 25.0 Å². The van der Waals surface area contributed by atoms with Crippen molar-refractivity contribution in [1.82, 2.24) is 15.0 Å². The summed E-state index contributed by atoms with van der Waals surface area (Å²) in [6.07, 6.45) is 1.86. The minimum Gasteiger partial charge on any atom is -0.344 e. The first kappa shape index (κ1) is 17.9. The van der Waals surface area contributed by atoms with E-state index in [0.717, 1.165) is 0 Å². The molecule has 2 N–H and O–H groups in total. The van der Waals surface area contributed by atoms with Crippen LogP contribution in [0.5, 0.6) is 0 Å². The Labute approximate surface area is 140 Å². The van der Waals surface area contributed by atoms with E-state index in [1.807, 2.05) is 4.72 Å². The summed E-state index contributed by atoms with van der Waals surface area (Å²) in [7, 11) is -4.14. The molecule has 0 saturated heterocycles. The van der Waals surface area contributed by atoms with Crippen LogP contribution in [0, 0.1) is 5.92 Å². The van der Waals surface area contributed by atoms with Gasteiger partial charge in [-0.15, -0.1) is 0 Å². The van der Waals surface area contributed by atoms with Gasteiger partial charge < -0.3 is 5.32 Å². The first-order chi connectivity index (χ1) is 11.2. The second-order valence-electron chi connectivity index (χ2n) is 5.89. The standard InChI is InChI=1S/C16H19N3O4S/c1-11(2)16(3,18-10-20)15(21)19-24(22,23)13-8-4-6-12-7-5-9-17-14(12)13/h4-11H,1-3H3,(H,18,20)(H,19,21). The Kier molecular flexibility index (Phi) is 4.88. The summed E-state index contributed by atoms with van der Waals surface area (Å²) < 4.78 is 27.3. The third-order valence-electron chi connectivity index (χ3n) is 4.10. The van der Waals surface area contributed by atoms with Crippen molar-refractivity contribution in [1.29, 1.82) is 0 Å². The van der Waals surface area contributed by atoms with E-state index in [2.05, 4.69) is 10.3 Å². The second-order valence-corrected chi connectivity index (χ2v) is 7.54. The highest BCUT2D eigenvalue weighted by molar-refractivity contribution is 7.90. The van der Waals surface area contributed by atoms with Gasteiger partial charge in [-0.1, -0.05) is 32.0 Å². The zero-order valence-electron chi connectivity index (χ0n) is 13.6. The number of nitrogens with zero attached hydrogens (tertiary/aromatic N) is 1. The van der Waals surface area contributed by atoms with Gasteiger partial charge in [0.15, 0.2) is 0 Å². The van der Waals surface area contributed by atoms with Crippen LogP contribution in [0.2, 0.25) is 0 Å². The largest absolute Gasteiger partial charge is 0.344 e. The number of fused-ring (bicyclic) bond motifs is 1. The lowest BCUT2D eigenvalue weighted by molar-refractivity contribution is -0.129. The van der Waals surface area contributed by atoms with Gasteiger partial charge in [-0.25, -0.2) is 13.1 Å². The summed E-state index contributed by atoms with van der Waals surface area (Å²) in [4.78, 5) is 27.3. The van der Waals surface area contributed by atoms with E-state index in [1.54, 1.807) is 38.1 Å². The summed E-state index contributed by atoms with van der Waals surface area (Å²) in [6.45, 7) is 4.89. The van der Waals surface area contributed by atoms with Gasteiger partial charge in [0.25, 0.3) is 15.9 Å². The number of aromatic nitrogens is 1. The fraction of sp³-hybridized carbons (Fsp3) is 0.312. The Bertz CT molecular complexity index is 875. The quantitative estimate of drug-likeness (QED) is 0.763. The molecule has 0 aliphatic heterocycles. The maximum atomic E-state index is 12.6. The van der Waals surface area contributed by atoms with Crippen molar-refractivity contribution in [2.24, 2.45) is 5.92 Å². The SMILES string of the molecule is CC(C)C(C)(NC=O)C(=O)NS(=O)(=O)c1cccc2cccnc12. The number of carbonyl (C=O) groups excluding carboxylic acids is 2. The third-order valence-corrected chi connectivity index (χ3v) is 5.46. The van der Waals surface area contributed by atoms with Crippen LogP contribution in [-0.2, 0) is 19.6 Å². The van der Waals surface area contributed by atoms with Crippen molar-refractivity contribution in [3.63, 3.8) is 0 Å². The minimum absolute atomic E-state index is 0.0915. The van der Waals surface area contributed by atoms with E-state index in [9.17, 15) is 18.0 Å². The number of sulfonamides is 1. The molecule has 128 valence electrons. The van der Waals surface area contributed by atoms with Crippen molar-refractivity contribution in [2.75, 3.05) is 0 Å². The average Bonchev–Trinajstić information content (AvgIpc) is 2.53. The van der Waals surface area contributed by atoms with E-state index in [1.165, 1.54) is 19.2 Å². The van der Waals surface area contributed by atoms with Crippen LogP contribution in [0.25, 0.3) is 10.9 Å². The molecule has 8 heteroatoms. The molecule has 1 aromatic heterocycles. The van der Waals surface area contributed by atoms with Crippen molar-refractivity contribution in [2.45, 2.75) is 31.2 Å². The molecule has 2 rings (SSSR count). The van der Waals surface area contributed by atoms with Crippen molar-refractivity contribution in [3.05, 3.63) is 36.5 Å². The Morgan fingerprint density at radius 2 is 1.92 bits per heavy atom. The molecule has 0 fully saturated rings. The van der Waals surface area contributed by atoms with Gasteiger partial charge in [-0.3, -0.25) is 14.6 Å². The molecule has 0 bridgehead atoms. The topological polar surface area (TPSA) is 105 Å². The monoisotopic (exact) mass is 349 g/mol. The van der Waals surface area contributed by atoms with E-state index < -0.39 is 21.5 Å². The molecule has 1 heterocycles. The highest BCUT2D eigenvalue weighted by Crippen LogP contribution is 2.22. The van der Waals surface area contributed by atoms with Crippen LogP contribution >= 0.6 is 0 Å². The van der Waals surface area contributed by atoms with Crippen LogP contribution in [-0.4, -0.2) is 31.3 Å². The van der Waals surface area contributed by atoms with E-state index in [0.29, 0.717) is 11.8 Å². The molecule has 2 aromatic rings. The molecular weight excluding hydrogens is 330 g/mol. The van der Waals surface area contributed by atoms with Gasteiger partial charge in [-0.2, -0.15) is 0 Å². The molecule has 0 aliphatic carbocycles. The molecule has 1 aromatic carbocycles. The molecule has 0 saturated carbocycles. The fourth-order valence-electron chi connectivity index (χ4n) is 2.19. The van der Waals surface area contributed by atoms with Crippen molar-refractivity contribution >= 4 is 33.2 Å². The number of para-hydroxylation sites is 1. The summed E-state index contributed by atoms with van der Waals surface area (Å²) in [5, 5.41) is 3.04. The highest BCUT2D eigenvalue weighted by Gasteiger charge is 2.38. The molecule has 2 amide bonds.